The summed E-state index contributed by atoms with van der Waals surface area (Å²) >= 11 is 0. The molecule has 3 heterocycles. The zero-order valence-electron chi connectivity index (χ0n) is 16.3. The van der Waals surface area contributed by atoms with Crippen LogP contribution in [0.4, 0.5) is 0 Å². The third-order valence-corrected chi connectivity index (χ3v) is 6.78. The van der Waals surface area contributed by atoms with Crippen molar-refractivity contribution in [3.63, 3.8) is 0 Å². The van der Waals surface area contributed by atoms with E-state index in [1.807, 2.05) is 4.90 Å². The van der Waals surface area contributed by atoms with Gasteiger partial charge in [0.25, 0.3) is 0 Å². The van der Waals surface area contributed by atoms with Gasteiger partial charge in [0.05, 0.1) is 26.3 Å². The summed E-state index contributed by atoms with van der Waals surface area (Å²) in [4.78, 5) is 20.0. The molecule has 3 aliphatic heterocycles. The Kier molecular flexibility index (Phi) is 5.84. The number of amides is 1. The van der Waals surface area contributed by atoms with Crippen molar-refractivity contribution in [2.75, 3.05) is 59.5 Å². The van der Waals surface area contributed by atoms with E-state index < -0.39 is 5.79 Å². The molecule has 26 heavy (non-hydrogen) atoms. The lowest BCUT2D eigenvalue weighted by Crippen LogP contribution is -2.61. The SMILES string of the molecule is CN1CCC(N2CCCOC3(CN(C(=O)C4CCCC4)CCO3)C2)CC1. The van der Waals surface area contributed by atoms with Crippen LogP contribution in [0.5, 0.6) is 0 Å². The van der Waals surface area contributed by atoms with Crippen molar-refractivity contribution in [2.24, 2.45) is 5.92 Å². The van der Waals surface area contributed by atoms with E-state index in [2.05, 4.69) is 16.8 Å². The van der Waals surface area contributed by atoms with E-state index >= 15 is 0 Å². The average Bonchev–Trinajstić information content (AvgIpc) is 3.12. The Balaban J connectivity index is 1.42. The number of morpholine rings is 1. The molecule has 4 rings (SSSR count). The molecule has 0 N–H and O–H groups in total. The lowest BCUT2D eigenvalue weighted by molar-refractivity contribution is -0.266. The van der Waals surface area contributed by atoms with Gasteiger partial charge in [-0.05, 0) is 52.2 Å². The number of nitrogens with zero attached hydrogens (tertiary/aromatic N) is 3. The van der Waals surface area contributed by atoms with Gasteiger partial charge in [-0.2, -0.15) is 0 Å². The summed E-state index contributed by atoms with van der Waals surface area (Å²) < 4.78 is 12.5. The minimum Gasteiger partial charge on any atom is -0.347 e. The Morgan fingerprint density at radius 2 is 1.62 bits per heavy atom. The normalized spacial score (nSPS) is 33.7. The molecule has 1 spiro atoms. The van der Waals surface area contributed by atoms with Gasteiger partial charge in [0.2, 0.25) is 5.91 Å². The number of hydrogen-bond donors (Lipinski definition) is 0. The zero-order chi connectivity index (χ0) is 18.0. The minimum absolute atomic E-state index is 0.237. The van der Waals surface area contributed by atoms with Crippen LogP contribution in [0.25, 0.3) is 0 Å². The Hall–Kier alpha value is -0.690. The maximum Gasteiger partial charge on any atom is 0.225 e. The highest BCUT2D eigenvalue weighted by atomic mass is 16.7. The van der Waals surface area contributed by atoms with Gasteiger partial charge in [0.15, 0.2) is 5.79 Å². The van der Waals surface area contributed by atoms with Crippen LogP contribution in [0, 0.1) is 5.92 Å². The maximum absolute atomic E-state index is 12.9. The Morgan fingerprint density at radius 3 is 2.38 bits per heavy atom. The van der Waals surface area contributed by atoms with Crippen molar-refractivity contribution in [1.82, 2.24) is 14.7 Å². The standard InChI is InChI=1S/C20H35N3O3/c1-21-10-7-18(8-11-21)22-9-4-13-25-20(15-22)16-23(12-14-26-20)19(24)17-5-2-3-6-17/h17-18H,2-16H2,1H3. The number of carbonyl (C=O) groups excluding carboxylic acids is 1. The predicted molar refractivity (Wildman–Crippen MR) is 99.9 cm³/mol. The minimum atomic E-state index is -0.619. The first-order valence-corrected chi connectivity index (χ1v) is 10.6. The van der Waals surface area contributed by atoms with E-state index in [9.17, 15) is 4.79 Å². The first-order valence-electron chi connectivity index (χ1n) is 10.6. The second-order valence-electron chi connectivity index (χ2n) is 8.71. The quantitative estimate of drug-likeness (QED) is 0.743. The molecule has 0 aromatic carbocycles. The fraction of sp³-hybridized carbons (Fsp3) is 0.950. The summed E-state index contributed by atoms with van der Waals surface area (Å²) in [6.45, 7) is 6.87. The first-order chi connectivity index (χ1) is 12.7. The van der Waals surface area contributed by atoms with Crippen molar-refractivity contribution in [3.05, 3.63) is 0 Å². The molecule has 1 amide bonds. The van der Waals surface area contributed by atoms with E-state index in [0.29, 0.717) is 31.6 Å². The lowest BCUT2D eigenvalue weighted by atomic mass is 10.0. The van der Waals surface area contributed by atoms with Crippen LogP contribution in [0.2, 0.25) is 0 Å². The molecular formula is C20H35N3O3. The molecule has 1 aliphatic carbocycles. The van der Waals surface area contributed by atoms with Crippen molar-refractivity contribution in [2.45, 2.75) is 56.8 Å². The summed E-state index contributed by atoms with van der Waals surface area (Å²) in [6.07, 6.45) is 8.01. The zero-order valence-corrected chi connectivity index (χ0v) is 16.3. The smallest absolute Gasteiger partial charge is 0.225 e. The molecule has 0 bridgehead atoms. The number of carbonyl (C=O) groups is 1. The highest BCUT2D eigenvalue weighted by molar-refractivity contribution is 5.79. The number of hydrogen-bond acceptors (Lipinski definition) is 5. The van der Waals surface area contributed by atoms with Gasteiger partial charge in [-0.3, -0.25) is 9.69 Å². The third-order valence-electron chi connectivity index (χ3n) is 6.78. The van der Waals surface area contributed by atoms with E-state index in [0.717, 1.165) is 39.0 Å². The van der Waals surface area contributed by atoms with Crippen LogP contribution in [-0.4, -0.2) is 92.0 Å². The maximum atomic E-state index is 12.9. The van der Waals surface area contributed by atoms with Gasteiger partial charge >= 0.3 is 0 Å². The third kappa shape index (κ3) is 4.08. The van der Waals surface area contributed by atoms with Crippen molar-refractivity contribution >= 4 is 5.91 Å². The molecular weight excluding hydrogens is 330 g/mol. The van der Waals surface area contributed by atoms with Crippen LogP contribution < -0.4 is 0 Å². The summed E-state index contributed by atoms with van der Waals surface area (Å²) in [5.74, 6) is -0.0448. The highest BCUT2D eigenvalue weighted by Gasteiger charge is 2.44. The molecule has 0 aromatic rings. The second-order valence-corrected chi connectivity index (χ2v) is 8.71. The number of ether oxygens (including phenoxy) is 2. The number of piperidine rings is 1. The Morgan fingerprint density at radius 1 is 0.885 bits per heavy atom. The molecule has 0 radical (unpaired) electrons. The van der Waals surface area contributed by atoms with Gasteiger partial charge in [-0.25, -0.2) is 0 Å². The van der Waals surface area contributed by atoms with Crippen LogP contribution >= 0.6 is 0 Å². The number of likely N-dealkylation sites (tertiary alicyclic amines) is 1. The van der Waals surface area contributed by atoms with Crippen molar-refractivity contribution in [1.29, 1.82) is 0 Å². The summed E-state index contributed by atoms with van der Waals surface area (Å²) in [5.41, 5.74) is 0. The Labute approximate surface area is 157 Å². The van der Waals surface area contributed by atoms with E-state index in [4.69, 9.17) is 9.47 Å². The van der Waals surface area contributed by atoms with Crippen LogP contribution in [0.15, 0.2) is 0 Å². The summed E-state index contributed by atoms with van der Waals surface area (Å²) in [7, 11) is 2.21. The van der Waals surface area contributed by atoms with Crippen molar-refractivity contribution < 1.29 is 14.3 Å². The fourth-order valence-electron chi connectivity index (χ4n) is 5.19. The molecule has 4 fully saturated rings. The van der Waals surface area contributed by atoms with Gasteiger partial charge in [-0.15, -0.1) is 0 Å². The molecule has 1 saturated carbocycles. The molecule has 4 aliphatic rings. The molecule has 6 nitrogen and oxygen atoms in total. The van der Waals surface area contributed by atoms with Crippen LogP contribution in [0.1, 0.15) is 44.9 Å². The lowest BCUT2D eigenvalue weighted by Gasteiger charge is -2.45. The van der Waals surface area contributed by atoms with Gasteiger partial charge in [0, 0.05) is 25.0 Å². The number of rotatable bonds is 2. The highest BCUT2D eigenvalue weighted by Crippen LogP contribution is 2.31. The average molecular weight is 366 g/mol. The largest absolute Gasteiger partial charge is 0.347 e. The van der Waals surface area contributed by atoms with E-state index in [1.165, 1.54) is 38.8 Å². The van der Waals surface area contributed by atoms with Gasteiger partial charge < -0.3 is 19.3 Å². The first kappa shape index (κ1) is 18.7. The van der Waals surface area contributed by atoms with Crippen LogP contribution in [-0.2, 0) is 14.3 Å². The molecule has 1 atom stereocenters. The van der Waals surface area contributed by atoms with Crippen LogP contribution in [0.3, 0.4) is 0 Å². The summed E-state index contributed by atoms with van der Waals surface area (Å²) in [5, 5.41) is 0. The van der Waals surface area contributed by atoms with Gasteiger partial charge in [0.1, 0.15) is 0 Å². The summed E-state index contributed by atoms with van der Waals surface area (Å²) in [6, 6.07) is 0.620. The monoisotopic (exact) mass is 365 g/mol. The molecule has 1 unspecified atom stereocenters. The predicted octanol–water partition coefficient (Wildman–Crippen LogP) is 1.55. The molecule has 3 saturated heterocycles. The van der Waals surface area contributed by atoms with Crippen molar-refractivity contribution in [3.8, 4) is 0 Å². The van der Waals surface area contributed by atoms with E-state index in [-0.39, 0.29) is 5.92 Å². The topological polar surface area (TPSA) is 45.2 Å². The molecule has 6 heteroatoms. The Bertz CT molecular complexity index is 489. The fourth-order valence-corrected chi connectivity index (χ4v) is 5.19. The molecule has 148 valence electrons. The second kappa shape index (κ2) is 8.13. The van der Waals surface area contributed by atoms with Gasteiger partial charge in [-0.1, -0.05) is 12.8 Å². The van der Waals surface area contributed by atoms with E-state index in [1.54, 1.807) is 0 Å². The molecule has 0 aromatic heterocycles.